The number of ether oxygens (including phenoxy) is 1. The second-order valence-corrected chi connectivity index (χ2v) is 6.94. The van der Waals surface area contributed by atoms with E-state index in [1.807, 2.05) is 0 Å². The Morgan fingerprint density at radius 3 is 2.83 bits per heavy atom. The van der Waals surface area contributed by atoms with Crippen LogP contribution in [0.1, 0.15) is 24.1 Å². The Morgan fingerprint density at radius 2 is 2.10 bits per heavy atom. The van der Waals surface area contributed by atoms with Gasteiger partial charge in [-0.25, -0.2) is 13.6 Å². The third-order valence-corrected chi connectivity index (χ3v) is 5.09. The van der Waals surface area contributed by atoms with Gasteiger partial charge in [0.25, 0.3) is 0 Å². The van der Waals surface area contributed by atoms with Crippen LogP contribution in [0.25, 0.3) is 11.1 Å². The number of fused-ring (bicyclic) bond motifs is 1. The highest BCUT2D eigenvalue weighted by molar-refractivity contribution is 5.95. The Labute approximate surface area is 166 Å². The summed E-state index contributed by atoms with van der Waals surface area (Å²) in [4.78, 5) is 14.3. The normalized spacial score (nSPS) is 13.9. The molecule has 1 atom stereocenters. The number of aromatic amines is 1. The highest BCUT2D eigenvalue weighted by atomic mass is 19.1. The predicted molar refractivity (Wildman–Crippen MR) is 105 cm³/mol. The van der Waals surface area contributed by atoms with E-state index in [1.54, 1.807) is 31.5 Å². The Morgan fingerprint density at radius 1 is 1.28 bits per heavy atom. The molecule has 0 aliphatic carbocycles. The standard InChI is InChI=1S/C21H20F2N4O2/c1-12(14-5-16(22)8-17(6-14)29-2)26-21(28)27-4-3-13-7-18(15-10-24-25-11-15)19(23)9-20(13)27/h5-12H,3-4H2,1-2H3,(H,24,25)(H,26,28). The van der Waals surface area contributed by atoms with E-state index in [-0.39, 0.29) is 6.03 Å². The second kappa shape index (κ2) is 7.54. The van der Waals surface area contributed by atoms with E-state index in [2.05, 4.69) is 15.5 Å². The molecular weight excluding hydrogens is 378 g/mol. The van der Waals surface area contributed by atoms with Gasteiger partial charge < -0.3 is 10.1 Å². The number of benzene rings is 2. The van der Waals surface area contributed by atoms with Crippen molar-refractivity contribution in [2.24, 2.45) is 0 Å². The number of anilines is 1. The average Bonchev–Trinajstić information content (AvgIpc) is 3.36. The molecule has 2 heterocycles. The second-order valence-electron chi connectivity index (χ2n) is 6.94. The van der Waals surface area contributed by atoms with Crippen molar-refractivity contribution >= 4 is 11.7 Å². The maximum absolute atomic E-state index is 14.6. The summed E-state index contributed by atoms with van der Waals surface area (Å²) in [5.74, 6) is -0.491. The Balaban J connectivity index is 1.54. The maximum Gasteiger partial charge on any atom is 0.322 e. The molecule has 0 fully saturated rings. The fourth-order valence-corrected chi connectivity index (χ4v) is 3.54. The number of carbonyl (C=O) groups excluding carboxylic acids is 1. The minimum absolute atomic E-state index is 0.366. The largest absolute Gasteiger partial charge is 0.497 e. The molecule has 29 heavy (non-hydrogen) atoms. The molecule has 4 rings (SSSR count). The van der Waals surface area contributed by atoms with Crippen LogP contribution in [0.5, 0.6) is 5.75 Å². The molecule has 2 N–H and O–H groups in total. The highest BCUT2D eigenvalue weighted by Gasteiger charge is 2.28. The number of carbonyl (C=O) groups is 1. The zero-order valence-corrected chi connectivity index (χ0v) is 16.0. The summed E-state index contributed by atoms with van der Waals surface area (Å²) >= 11 is 0. The lowest BCUT2D eigenvalue weighted by atomic mass is 10.0. The summed E-state index contributed by atoms with van der Waals surface area (Å²) in [5, 5.41) is 9.37. The molecule has 1 aliphatic heterocycles. The molecule has 2 amide bonds. The summed E-state index contributed by atoms with van der Waals surface area (Å²) < 4.78 is 33.5. The monoisotopic (exact) mass is 398 g/mol. The molecular formula is C21H20F2N4O2. The summed E-state index contributed by atoms with van der Waals surface area (Å²) in [7, 11) is 1.45. The number of hydrogen-bond donors (Lipinski definition) is 2. The summed E-state index contributed by atoms with van der Waals surface area (Å²) in [6.45, 7) is 2.19. The van der Waals surface area contributed by atoms with Crippen molar-refractivity contribution in [2.75, 3.05) is 18.6 Å². The van der Waals surface area contributed by atoms with E-state index in [0.717, 1.165) is 5.56 Å². The van der Waals surface area contributed by atoms with Crippen molar-refractivity contribution in [1.29, 1.82) is 0 Å². The van der Waals surface area contributed by atoms with Gasteiger partial charge >= 0.3 is 6.03 Å². The van der Waals surface area contributed by atoms with Crippen LogP contribution in [0.3, 0.4) is 0 Å². The van der Waals surface area contributed by atoms with E-state index >= 15 is 0 Å². The molecule has 0 saturated heterocycles. The molecule has 2 aromatic carbocycles. The molecule has 1 aliphatic rings. The molecule has 0 saturated carbocycles. The first-order valence-corrected chi connectivity index (χ1v) is 9.20. The van der Waals surface area contributed by atoms with Crippen molar-refractivity contribution in [2.45, 2.75) is 19.4 Å². The van der Waals surface area contributed by atoms with E-state index in [1.165, 1.54) is 30.2 Å². The number of H-pyrrole nitrogens is 1. The first-order chi connectivity index (χ1) is 14.0. The molecule has 1 unspecified atom stereocenters. The van der Waals surface area contributed by atoms with Crippen molar-refractivity contribution in [1.82, 2.24) is 15.5 Å². The van der Waals surface area contributed by atoms with Gasteiger partial charge in [0.1, 0.15) is 17.4 Å². The Hall–Kier alpha value is -3.42. The summed E-state index contributed by atoms with van der Waals surface area (Å²) in [6.07, 6.45) is 3.80. The number of rotatable bonds is 4. The van der Waals surface area contributed by atoms with Crippen LogP contribution in [0.2, 0.25) is 0 Å². The number of halogens is 2. The zero-order valence-electron chi connectivity index (χ0n) is 16.0. The van der Waals surface area contributed by atoms with Crippen LogP contribution in [-0.2, 0) is 6.42 Å². The third-order valence-electron chi connectivity index (χ3n) is 5.09. The number of nitrogens with zero attached hydrogens (tertiary/aromatic N) is 2. The smallest absolute Gasteiger partial charge is 0.322 e. The molecule has 0 bridgehead atoms. The minimum atomic E-state index is -0.453. The molecule has 1 aromatic heterocycles. The average molecular weight is 398 g/mol. The minimum Gasteiger partial charge on any atom is -0.497 e. The number of aromatic nitrogens is 2. The summed E-state index contributed by atoms with van der Waals surface area (Å²) in [6, 6.07) is 6.60. The van der Waals surface area contributed by atoms with E-state index < -0.39 is 17.7 Å². The maximum atomic E-state index is 14.6. The fourth-order valence-electron chi connectivity index (χ4n) is 3.54. The van der Waals surface area contributed by atoms with Gasteiger partial charge in [-0.15, -0.1) is 0 Å². The number of amides is 2. The summed E-state index contributed by atoms with van der Waals surface area (Å²) in [5.41, 5.74) is 3.10. The van der Waals surface area contributed by atoms with Crippen molar-refractivity contribution in [3.8, 4) is 16.9 Å². The van der Waals surface area contributed by atoms with E-state index in [0.29, 0.717) is 41.1 Å². The topological polar surface area (TPSA) is 70.2 Å². The fraction of sp³-hybridized carbons (Fsp3) is 0.238. The third kappa shape index (κ3) is 3.65. The van der Waals surface area contributed by atoms with E-state index in [9.17, 15) is 13.6 Å². The van der Waals surface area contributed by atoms with Crippen molar-refractivity contribution in [3.05, 3.63) is 65.5 Å². The quantitative estimate of drug-likeness (QED) is 0.692. The molecule has 150 valence electrons. The Kier molecular flexibility index (Phi) is 4.92. The van der Waals surface area contributed by atoms with Crippen LogP contribution in [0, 0.1) is 11.6 Å². The van der Waals surface area contributed by atoms with Gasteiger partial charge in [0, 0.05) is 29.9 Å². The van der Waals surface area contributed by atoms with Crippen molar-refractivity contribution < 1.29 is 18.3 Å². The van der Waals surface area contributed by atoms with E-state index in [4.69, 9.17) is 4.74 Å². The van der Waals surface area contributed by atoms with Crippen LogP contribution in [0.4, 0.5) is 19.3 Å². The van der Waals surface area contributed by atoms with Gasteiger partial charge in [0.15, 0.2) is 0 Å². The molecule has 3 aromatic rings. The first kappa shape index (κ1) is 18.9. The number of hydrogen-bond acceptors (Lipinski definition) is 3. The van der Waals surface area contributed by atoms with Gasteiger partial charge in [-0.1, -0.05) is 0 Å². The van der Waals surface area contributed by atoms with Gasteiger partial charge in [-0.2, -0.15) is 5.10 Å². The Bertz CT molecular complexity index is 1050. The van der Waals surface area contributed by atoms with Crippen molar-refractivity contribution in [3.63, 3.8) is 0 Å². The van der Waals surface area contributed by atoms with Gasteiger partial charge in [-0.3, -0.25) is 10.00 Å². The zero-order chi connectivity index (χ0) is 20.5. The molecule has 0 radical (unpaired) electrons. The first-order valence-electron chi connectivity index (χ1n) is 9.20. The predicted octanol–water partition coefficient (Wildman–Crippen LogP) is 4.20. The number of nitrogens with one attached hydrogen (secondary N) is 2. The lowest BCUT2D eigenvalue weighted by Gasteiger charge is -2.22. The van der Waals surface area contributed by atoms with Gasteiger partial charge in [-0.05, 0) is 48.7 Å². The van der Waals surface area contributed by atoms with Gasteiger partial charge in [0.05, 0.1) is 25.0 Å². The molecule has 8 heteroatoms. The lowest BCUT2D eigenvalue weighted by molar-refractivity contribution is 0.244. The molecule has 0 spiro atoms. The van der Waals surface area contributed by atoms with Gasteiger partial charge in [0.2, 0.25) is 0 Å². The van der Waals surface area contributed by atoms with Crippen LogP contribution >= 0.6 is 0 Å². The van der Waals surface area contributed by atoms with Crippen LogP contribution < -0.4 is 15.0 Å². The van der Waals surface area contributed by atoms with Crippen LogP contribution in [0.15, 0.2) is 42.7 Å². The SMILES string of the molecule is COc1cc(F)cc(C(C)NC(=O)N2CCc3cc(-c4cn[nH]c4)c(F)cc32)c1. The number of urea groups is 1. The lowest BCUT2D eigenvalue weighted by Crippen LogP contribution is -2.40. The number of methoxy groups -OCH3 is 1. The molecule has 6 nitrogen and oxygen atoms in total. The highest BCUT2D eigenvalue weighted by Crippen LogP contribution is 2.34. The van der Waals surface area contributed by atoms with Crippen LogP contribution in [-0.4, -0.2) is 29.9 Å².